The minimum Gasteiger partial charge on any atom is -0.497 e. The number of nitrogens with zero attached hydrogens (tertiary/aromatic N) is 1. The van der Waals surface area contributed by atoms with Crippen LogP contribution in [0.3, 0.4) is 0 Å². The van der Waals surface area contributed by atoms with Gasteiger partial charge in [0.25, 0.3) is 11.8 Å². The van der Waals surface area contributed by atoms with E-state index in [4.69, 9.17) is 9.47 Å². The average molecular weight is 377 g/mol. The molecule has 2 N–H and O–H groups in total. The van der Waals surface area contributed by atoms with Gasteiger partial charge in [0.2, 0.25) is 0 Å². The summed E-state index contributed by atoms with van der Waals surface area (Å²) in [6.45, 7) is 2.90. The molecule has 0 aliphatic carbocycles. The first-order valence-corrected chi connectivity index (χ1v) is 8.42. The van der Waals surface area contributed by atoms with E-state index in [0.717, 1.165) is 10.5 Å². The molecular formula is C18H23N3O6. The molecule has 1 heterocycles. The van der Waals surface area contributed by atoms with Crippen LogP contribution in [-0.2, 0) is 25.7 Å². The predicted molar refractivity (Wildman–Crippen MR) is 94.7 cm³/mol. The second-order valence-electron chi connectivity index (χ2n) is 6.55. The summed E-state index contributed by atoms with van der Waals surface area (Å²) in [5, 5.41) is 5.15. The molecule has 0 saturated carbocycles. The smallest absolute Gasteiger partial charge is 0.325 e. The highest BCUT2D eigenvalue weighted by Crippen LogP contribution is 2.16. The summed E-state index contributed by atoms with van der Waals surface area (Å²) in [7, 11) is 1.55. The summed E-state index contributed by atoms with van der Waals surface area (Å²) in [5.41, 5.74) is -0.142. The topological polar surface area (TPSA) is 114 Å². The Balaban J connectivity index is 1.70. The lowest BCUT2D eigenvalue weighted by atomic mass is 10.1. The van der Waals surface area contributed by atoms with Crippen molar-refractivity contribution in [2.75, 3.05) is 20.3 Å². The van der Waals surface area contributed by atoms with Crippen molar-refractivity contribution in [1.29, 1.82) is 0 Å². The molecule has 0 aromatic heterocycles. The van der Waals surface area contributed by atoms with Gasteiger partial charge in [-0.2, -0.15) is 0 Å². The Morgan fingerprint density at radius 1 is 1.26 bits per heavy atom. The van der Waals surface area contributed by atoms with Gasteiger partial charge in [-0.05, 0) is 31.5 Å². The molecule has 0 radical (unpaired) electrons. The molecular weight excluding hydrogens is 354 g/mol. The number of esters is 1. The molecule has 0 unspecified atom stereocenters. The zero-order chi connectivity index (χ0) is 20.0. The lowest BCUT2D eigenvalue weighted by Gasteiger charge is -2.15. The number of ether oxygens (including phenoxy) is 2. The highest BCUT2D eigenvalue weighted by Gasteiger charge is 2.44. The zero-order valence-corrected chi connectivity index (χ0v) is 15.5. The summed E-state index contributed by atoms with van der Waals surface area (Å²) in [4.78, 5) is 48.2. The summed E-state index contributed by atoms with van der Waals surface area (Å²) in [5.74, 6) is -0.854. The number of amides is 4. The van der Waals surface area contributed by atoms with Gasteiger partial charge in [-0.3, -0.25) is 19.3 Å². The van der Waals surface area contributed by atoms with Crippen molar-refractivity contribution in [2.24, 2.45) is 0 Å². The third-order valence-electron chi connectivity index (χ3n) is 3.97. The van der Waals surface area contributed by atoms with Crippen molar-refractivity contribution in [3.8, 4) is 5.75 Å². The Morgan fingerprint density at radius 2 is 2.00 bits per heavy atom. The molecule has 4 amide bonds. The molecule has 9 heteroatoms. The number of imide groups is 1. The number of rotatable bonds is 8. The Bertz CT molecular complexity index is 746. The molecule has 2 rings (SSSR count). The lowest BCUT2D eigenvalue weighted by molar-refractivity contribution is -0.149. The zero-order valence-electron chi connectivity index (χ0n) is 15.5. The van der Waals surface area contributed by atoms with Gasteiger partial charge in [0.15, 0.2) is 6.61 Å². The van der Waals surface area contributed by atoms with Gasteiger partial charge < -0.3 is 20.1 Å². The Kier molecular flexibility index (Phi) is 6.38. The average Bonchev–Trinajstić information content (AvgIpc) is 2.83. The van der Waals surface area contributed by atoms with Crippen LogP contribution < -0.4 is 15.4 Å². The summed E-state index contributed by atoms with van der Waals surface area (Å²) < 4.78 is 9.97. The van der Waals surface area contributed by atoms with Crippen molar-refractivity contribution in [2.45, 2.75) is 32.4 Å². The first kappa shape index (κ1) is 20.2. The number of hydrogen-bond donors (Lipinski definition) is 2. The SMILES string of the molecule is COc1cccc(CNC(=O)COC(=O)CCN2C(=O)NC(C)(C)C2=O)c1. The Labute approximate surface area is 157 Å². The minimum absolute atomic E-state index is 0.0989. The first-order valence-electron chi connectivity index (χ1n) is 8.42. The highest BCUT2D eigenvalue weighted by atomic mass is 16.5. The molecule has 0 atom stereocenters. The monoisotopic (exact) mass is 377 g/mol. The van der Waals surface area contributed by atoms with Crippen LogP contribution >= 0.6 is 0 Å². The molecule has 1 saturated heterocycles. The predicted octanol–water partition coefficient (Wildman–Crippen LogP) is 0.575. The second kappa shape index (κ2) is 8.52. The molecule has 1 aromatic rings. The fourth-order valence-electron chi connectivity index (χ4n) is 2.48. The van der Waals surface area contributed by atoms with Gasteiger partial charge in [0.05, 0.1) is 13.5 Å². The van der Waals surface area contributed by atoms with Gasteiger partial charge >= 0.3 is 12.0 Å². The maximum atomic E-state index is 12.0. The molecule has 1 aliphatic rings. The van der Waals surface area contributed by atoms with Gasteiger partial charge in [-0.25, -0.2) is 4.79 Å². The van der Waals surface area contributed by atoms with E-state index in [1.165, 1.54) is 0 Å². The third-order valence-corrected chi connectivity index (χ3v) is 3.97. The molecule has 9 nitrogen and oxygen atoms in total. The van der Waals surface area contributed by atoms with Crippen LogP contribution in [0.15, 0.2) is 24.3 Å². The largest absolute Gasteiger partial charge is 0.497 e. The standard InChI is InChI=1S/C18H23N3O6/c1-18(2)16(24)21(17(25)20-18)8-7-15(23)27-11-14(22)19-10-12-5-4-6-13(9-12)26-3/h4-6,9H,7-8,10-11H2,1-3H3,(H,19,22)(H,20,25). The number of hydrogen-bond acceptors (Lipinski definition) is 6. The van der Waals surface area contributed by atoms with Crippen LogP contribution in [0.4, 0.5) is 4.79 Å². The minimum atomic E-state index is -0.985. The molecule has 0 spiro atoms. The van der Waals surface area contributed by atoms with E-state index < -0.39 is 36.0 Å². The fourth-order valence-corrected chi connectivity index (χ4v) is 2.48. The van der Waals surface area contributed by atoms with Crippen molar-refractivity contribution in [1.82, 2.24) is 15.5 Å². The lowest BCUT2D eigenvalue weighted by Crippen LogP contribution is -2.40. The summed E-state index contributed by atoms with van der Waals surface area (Å²) in [6.07, 6.45) is -0.182. The molecule has 27 heavy (non-hydrogen) atoms. The second-order valence-corrected chi connectivity index (χ2v) is 6.55. The molecule has 1 fully saturated rings. The number of urea groups is 1. The van der Waals surface area contributed by atoms with Crippen molar-refractivity contribution < 1.29 is 28.7 Å². The van der Waals surface area contributed by atoms with Gasteiger partial charge in [0, 0.05) is 13.1 Å². The first-order chi connectivity index (χ1) is 12.7. The fraction of sp³-hybridized carbons (Fsp3) is 0.444. The number of methoxy groups -OCH3 is 1. The normalized spacial score (nSPS) is 15.3. The van der Waals surface area contributed by atoms with Gasteiger partial charge in [-0.15, -0.1) is 0 Å². The van der Waals surface area contributed by atoms with Gasteiger partial charge in [-0.1, -0.05) is 12.1 Å². The Morgan fingerprint density at radius 3 is 2.63 bits per heavy atom. The van der Waals surface area contributed by atoms with Crippen LogP contribution in [0.5, 0.6) is 5.75 Å². The number of carbonyl (C=O) groups is 4. The van der Waals surface area contributed by atoms with E-state index in [1.54, 1.807) is 39.2 Å². The van der Waals surface area contributed by atoms with E-state index in [0.29, 0.717) is 5.75 Å². The van der Waals surface area contributed by atoms with Crippen molar-refractivity contribution in [3.05, 3.63) is 29.8 Å². The molecule has 1 aromatic carbocycles. The van der Waals surface area contributed by atoms with Gasteiger partial charge in [0.1, 0.15) is 11.3 Å². The van der Waals surface area contributed by atoms with Crippen molar-refractivity contribution in [3.63, 3.8) is 0 Å². The van der Waals surface area contributed by atoms with Crippen molar-refractivity contribution >= 4 is 23.8 Å². The molecule has 146 valence electrons. The molecule has 1 aliphatic heterocycles. The number of benzene rings is 1. The number of nitrogens with one attached hydrogen (secondary N) is 2. The van der Waals surface area contributed by atoms with Crippen LogP contribution in [0.1, 0.15) is 25.8 Å². The van der Waals surface area contributed by atoms with E-state index in [2.05, 4.69) is 10.6 Å². The van der Waals surface area contributed by atoms with E-state index >= 15 is 0 Å². The summed E-state index contributed by atoms with van der Waals surface area (Å²) in [6, 6.07) is 6.66. The third kappa shape index (κ3) is 5.44. The van der Waals surface area contributed by atoms with Crippen LogP contribution in [0.25, 0.3) is 0 Å². The van der Waals surface area contributed by atoms with Crippen LogP contribution in [-0.4, -0.2) is 54.5 Å². The Hall–Kier alpha value is -3.10. The quantitative estimate of drug-likeness (QED) is 0.506. The number of carbonyl (C=O) groups excluding carboxylic acids is 4. The molecule has 0 bridgehead atoms. The van der Waals surface area contributed by atoms with E-state index in [1.807, 2.05) is 6.07 Å². The van der Waals surface area contributed by atoms with E-state index in [-0.39, 0.29) is 19.5 Å². The van der Waals surface area contributed by atoms with E-state index in [9.17, 15) is 19.2 Å². The highest BCUT2D eigenvalue weighted by molar-refractivity contribution is 6.06. The maximum Gasteiger partial charge on any atom is 0.325 e. The van der Waals surface area contributed by atoms with Crippen LogP contribution in [0, 0.1) is 0 Å². The summed E-state index contributed by atoms with van der Waals surface area (Å²) >= 11 is 0. The van der Waals surface area contributed by atoms with Crippen LogP contribution in [0.2, 0.25) is 0 Å². The maximum absolute atomic E-state index is 12.0.